The van der Waals surface area contributed by atoms with Crippen LogP contribution in [0.1, 0.15) is 5.56 Å². The van der Waals surface area contributed by atoms with Crippen molar-refractivity contribution in [2.45, 2.75) is 61.9 Å². The van der Waals surface area contributed by atoms with Crippen LogP contribution in [0.5, 0.6) is 0 Å². The molecule has 158 valence electrons. The first-order valence-corrected chi connectivity index (χ1v) is 9.01. The normalized spacial score (nSPS) is 41.7. The van der Waals surface area contributed by atoms with E-state index in [1.54, 1.807) is 0 Å². The first-order chi connectivity index (χ1) is 13.4. The fourth-order valence-corrected chi connectivity index (χ4v) is 3.14. The lowest BCUT2D eigenvalue weighted by molar-refractivity contribution is -0.358. The lowest BCUT2D eigenvalue weighted by Gasteiger charge is -2.44. The molecule has 28 heavy (non-hydrogen) atoms. The van der Waals surface area contributed by atoms with Crippen LogP contribution >= 0.6 is 0 Å². The number of rotatable bonds is 6. The van der Waals surface area contributed by atoms with Crippen LogP contribution in [0.3, 0.4) is 0 Å². The first-order valence-electron chi connectivity index (χ1n) is 9.01. The molecule has 10 nitrogen and oxygen atoms in total. The maximum atomic E-state index is 10.4. The average Bonchev–Trinajstić information content (AvgIpc) is 2.71. The van der Waals surface area contributed by atoms with E-state index in [0.717, 1.165) is 5.56 Å². The zero-order valence-electron chi connectivity index (χ0n) is 15.0. The standard InChI is InChI=1S/C18H26O10/c19-6-11-13(22)14(23)16(28-17-15(24)12(21)10(20)8-26-17)18(27-11)25-7-9-4-2-1-3-5-9/h1-5,10-24H,6-8H2/t10-,11+,12-,13+,14-,15+,16+,17-,18+/m0/s1. The van der Waals surface area contributed by atoms with Crippen molar-refractivity contribution in [3.8, 4) is 0 Å². The van der Waals surface area contributed by atoms with Gasteiger partial charge in [0.15, 0.2) is 12.6 Å². The Morgan fingerprint density at radius 3 is 2.29 bits per heavy atom. The second-order valence-corrected chi connectivity index (χ2v) is 6.85. The molecule has 0 unspecified atom stereocenters. The van der Waals surface area contributed by atoms with Gasteiger partial charge in [-0.1, -0.05) is 30.3 Å². The maximum absolute atomic E-state index is 10.4. The molecular weight excluding hydrogens is 376 g/mol. The van der Waals surface area contributed by atoms with Gasteiger partial charge in [-0.15, -0.1) is 0 Å². The Hall–Kier alpha value is -1.18. The molecule has 10 heteroatoms. The molecule has 0 amide bonds. The van der Waals surface area contributed by atoms with Gasteiger partial charge in [0.1, 0.15) is 42.7 Å². The minimum atomic E-state index is -1.58. The SMILES string of the molecule is OC[C@H]1O[C@@H](OCc2ccccc2)[C@H](O[C@@H]2OC[C@H](O)[C@H](O)[C@H]2O)[C@@H](O)[C@@H]1O. The molecule has 1 aromatic rings. The Morgan fingerprint density at radius 2 is 1.61 bits per heavy atom. The molecular formula is C18H26O10. The van der Waals surface area contributed by atoms with Crippen molar-refractivity contribution < 1.29 is 49.6 Å². The van der Waals surface area contributed by atoms with Gasteiger partial charge in [-0.3, -0.25) is 0 Å². The monoisotopic (exact) mass is 402 g/mol. The Kier molecular flexibility index (Phi) is 7.34. The molecule has 0 bridgehead atoms. The molecule has 0 spiro atoms. The molecule has 0 saturated carbocycles. The summed E-state index contributed by atoms with van der Waals surface area (Å²) in [4.78, 5) is 0. The number of hydrogen-bond acceptors (Lipinski definition) is 10. The fourth-order valence-electron chi connectivity index (χ4n) is 3.14. The van der Waals surface area contributed by atoms with Gasteiger partial charge >= 0.3 is 0 Å². The summed E-state index contributed by atoms with van der Waals surface area (Å²) >= 11 is 0. The molecule has 0 aliphatic carbocycles. The lowest BCUT2D eigenvalue weighted by Crippen LogP contribution is -2.63. The highest BCUT2D eigenvalue weighted by Gasteiger charge is 2.49. The number of aliphatic hydroxyl groups is 6. The second kappa shape index (κ2) is 9.55. The summed E-state index contributed by atoms with van der Waals surface area (Å²) in [5.41, 5.74) is 0.818. The molecule has 9 atom stereocenters. The van der Waals surface area contributed by atoms with Crippen molar-refractivity contribution in [3.63, 3.8) is 0 Å². The van der Waals surface area contributed by atoms with Crippen molar-refractivity contribution in [3.05, 3.63) is 35.9 Å². The van der Waals surface area contributed by atoms with E-state index in [4.69, 9.17) is 18.9 Å². The third-order valence-corrected chi connectivity index (χ3v) is 4.83. The Labute approximate surface area is 161 Å². The summed E-state index contributed by atoms with van der Waals surface area (Å²) in [5, 5.41) is 59.4. The van der Waals surface area contributed by atoms with Gasteiger partial charge in [0.2, 0.25) is 0 Å². The first kappa shape index (κ1) is 21.5. The predicted octanol–water partition coefficient (Wildman–Crippen LogP) is -2.53. The summed E-state index contributed by atoms with van der Waals surface area (Å²) in [6, 6.07) is 9.12. The molecule has 1 aromatic carbocycles. The van der Waals surface area contributed by atoms with Crippen molar-refractivity contribution >= 4 is 0 Å². The number of ether oxygens (including phenoxy) is 4. The van der Waals surface area contributed by atoms with Crippen LogP contribution in [0.15, 0.2) is 30.3 Å². The van der Waals surface area contributed by atoms with Gasteiger partial charge in [0, 0.05) is 0 Å². The van der Waals surface area contributed by atoms with Crippen LogP contribution in [0.25, 0.3) is 0 Å². The molecule has 6 N–H and O–H groups in total. The van der Waals surface area contributed by atoms with Crippen molar-refractivity contribution in [1.29, 1.82) is 0 Å². The van der Waals surface area contributed by atoms with Crippen LogP contribution in [0.4, 0.5) is 0 Å². The van der Waals surface area contributed by atoms with E-state index in [2.05, 4.69) is 0 Å². The van der Waals surface area contributed by atoms with Crippen molar-refractivity contribution in [2.24, 2.45) is 0 Å². The number of aliphatic hydroxyl groups excluding tert-OH is 6. The predicted molar refractivity (Wildman–Crippen MR) is 91.6 cm³/mol. The minimum absolute atomic E-state index is 0.0990. The van der Waals surface area contributed by atoms with Gasteiger partial charge in [-0.05, 0) is 5.56 Å². The van der Waals surface area contributed by atoms with Crippen LogP contribution in [0, 0.1) is 0 Å². The molecule has 2 heterocycles. The van der Waals surface area contributed by atoms with Gasteiger partial charge in [0.25, 0.3) is 0 Å². The lowest BCUT2D eigenvalue weighted by atomic mass is 9.98. The average molecular weight is 402 g/mol. The largest absolute Gasteiger partial charge is 0.394 e. The highest BCUT2D eigenvalue weighted by atomic mass is 16.7. The van der Waals surface area contributed by atoms with Crippen LogP contribution in [-0.2, 0) is 25.6 Å². The number of benzene rings is 1. The van der Waals surface area contributed by atoms with Crippen LogP contribution < -0.4 is 0 Å². The van der Waals surface area contributed by atoms with E-state index in [-0.39, 0.29) is 13.2 Å². The molecule has 3 rings (SSSR count). The summed E-state index contributed by atoms with van der Waals surface area (Å²) < 4.78 is 21.9. The summed E-state index contributed by atoms with van der Waals surface area (Å²) in [7, 11) is 0. The molecule has 2 fully saturated rings. The van der Waals surface area contributed by atoms with Crippen molar-refractivity contribution in [1.82, 2.24) is 0 Å². The van der Waals surface area contributed by atoms with E-state index in [9.17, 15) is 30.6 Å². The third-order valence-electron chi connectivity index (χ3n) is 4.83. The van der Waals surface area contributed by atoms with Gasteiger partial charge in [0.05, 0.1) is 19.8 Å². The van der Waals surface area contributed by atoms with Gasteiger partial charge in [-0.25, -0.2) is 0 Å². The second-order valence-electron chi connectivity index (χ2n) is 6.85. The Morgan fingerprint density at radius 1 is 0.893 bits per heavy atom. The molecule has 0 radical (unpaired) electrons. The zero-order valence-corrected chi connectivity index (χ0v) is 15.0. The highest BCUT2D eigenvalue weighted by Crippen LogP contribution is 2.28. The van der Waals surface area contributed by atoms with Crippen molar-refractivity contribution in [2.75, 3.05) is 13.2 Å². The summed E-state index contributed by atoms with van der Waals surface area (Å²) in [5.74, 6) is 0. The quantitative estimate of drug-likeness (QED) is 0.300. The maximum Gasteiger partial charge on any atom is 0.187 e. The van der Waals surface area contributed by atoms with Gasteiger partial charge in [-0.2, -0.15) is 0 Å². The summed E-state index contributed by atoms with van der Waals surface area (Å²) in [6.07, 6.45) is -12.3. The van der Waals surface area contributed by atoms with Crippen LogP contribution in [-0.4, -0.2) is 99.2 Å². The number of hydrogen-bond donors (Lipinski definition) is 6. The van der Waals surface area contributed by atoms with Gasteiger partial charge < -0.3 is 49.6 Å². The Balaban J connectivity index is 1.72. The molecule has 0 aromatic heterocycles. The fraction of sp³-hybridized carbons (Fsp3) is 0.667. The highest BCUT2D eigenvalue weighted by molar-refractivity contribution is 5.13. The topological polar surface area (TPSA) is 158 Å². The molecule has 2 aliphatic rings. The third kappa shape index (κ3) is 4.69. The van der Waals surface area contributed by atoms with E-state index < -0.39 is 61.9 Å². The van der Waals surface area contributed by atoms with Crippen LogP contribution in [0.2, 0.25) is 0 Å². The van der Waals surface area contributed by atoms with E-state index in [1.807, 2.05) is 30.3 Å². The molecule has 2 saturated heterocycles. The molecule has 2 aliphatic heterocycles. The minimum Gasteiger partial charge on any atom is -0.394 e. The summed E-state index contributed by atoms with van der Waals surface area (Å²) in [6.45, 7) is -0.741. The zero-order chi connectivity index (χ0) is 20.3. The van der Waals surface area contributed by atoms with E-state index in [1.165, 1.54) is 0 Å². The van der Waals surface area contributed by atoms with E-state index >= 15 is 0 Å². The van der Waals surface area contributed by atoms with E-state index in [0.29, 0.717) is 0 Å². The Bertz CT molecular complexity index is 601. The smallest absolute Gasteiger partial charge is 0.187 e.